The lowest BCUT2D eigenvalue weighted by Crippen LogP contribution is -2.28. The smallest absolute Gasteiger partial charge is 0.228 e. The van der Waals surface area contributed by atoms with E-state index in [1.54, 1.807) is 13.2 Å². The molecule has 1 amide bonds. The third-order valence-electron chi connectivity index (χ3n) is 3.51. The van der Waals surface area contributed by atoms with Gasteiger partial charge in [-0.15, -0.1) is 0 Å². The van der Waals surface area contributed by atoms with Crippen LogP contribution in [0.1, 0.15) is 12.8 Å². The van der Waals surface area contributed by atoms with Crippen molar-refractivity contribution < 1.29 is 18.8 Å². The van der Waals surface area contributed by atoms with Gasteiger partial charge >= 0.3 is 0 Å². The number of benzene rings is 1. The fraction of sp³-hybridized carbons (Fsp3) is 0.429. The first kappa shape index (κ1) is 12.9. The zero-order valence-electron chi connectivity index (χ0n) is 11.2. The highest BCUT2D eigenvalue weighted by Gasteiger charge is 2.24. The predicted molar refractivity (Wildman–Crippen MR) is 72.7 cm³/mol. The topological polar surface area (TPSA) is 73.6 Å². The molecule has 1 fully saturated rings. The summed E-state index contributed by atoms with van der Waals surface area (Å²) in [7, 11) is 1.58. The van der Waals surface area contributed by atoms with Crippen molar-refractivity contribution in [3.63, 3.8) is 0 Å². The van der Waals surface area contributed by atoms with Crippen molar-refractivity contribution in [1.82, 2.24) is 5.16 Å². The Kier molecular flexibility index (Phi) is 3.56. The number of ether oxygens (including phenoxy) is 2. The van der Waals surface area contributed by atoms with E-state index >= 15 is 0 Å². The largest absolute Gasteiger partial charge is 0.496 e. The maximum absolute atomic E-state index is 12.2. The summed E-state index contributed by atoms with van der Waals surface area (Å²) >= 11 is 0. The Balaban J connectivity index is 1.85. The van der Waals surface area contributed by atoms with Crippen molar-refractivity contribution in [1.29, 1.82) is 0 Å². The second kappa shape index (κ2) is 5.50. The maximum atomic E-state index is 12.2. The Morgan fingerprint density at radius 1 is 1.40 bits per heavy atom. The van der Waals surface area contributed by atoms with Gasteiger partial charge in [0.2, 0.25) is 5.91 Å². The van der Waals surface area contributed by atoms with Crippen LogP contribution in [-0.2, 0) is 9.53 Å². The van der Waals surface area contributed by atoms with Crippen molar-refractivity contribution >= 4 is 22.7 Å². The Labute approximate surface area is 116 Å². The van der Waals surface area contributed by atoms with Crippen LogP contribution in [-0.4, -0.2) is 31.4 Å². The Morgan fingerprint density at radius 2 is 2.20 bits per heavy atom. The summed E-state index contributed by atoms with van der Waals surface area (Å²) in [5, 5.41) is 7.44. The van der Waals surface area contributed by atoms with Crippen LogP contribution in [0.4, 0.5) is 5.82 Å². The summed E-state index contributed by atoms with van der Waals surface area (Å²) in [6.45, 7) is 1.25. The van der Waals surface area contributed by atoms with E-state index in [0.29, 0.717) is 35.8 Å². The number of anilines is 1. The molecular weight excluding hydrogens is 260 g/mol. The number of fused-ring (bicyclic) bond motifs is 1. The van der Waals surface area contributed by atoms with Crippen molar-refractivity contribution in [2.24, 2.45) is 5.92 Å². The molecule has 106 valence electrons. The Morgan fingerprint density at radius 3 is 2.95 bits per heavy atom. The van der Waals surface area contributed by atoms with Crippen molar-refractivity contribution in [2.75, 3.05) is 25.6 Å². The molecule has 0 aliphatic carbocycles. The van der Waals surface area contributed by atoms with Gasteiger partial charge in [0, 0.05) is 19.1 Å². The van der Waals surface area contributed by atoms with Gasteiger partial charge in [-0.1, -0.05) is 11.2 Å². The first-order valence-corrected chi connectivity index (χ1v) is 6.60. The average Bonchev–Trinajstić information content (AvgIpc) is 2.91. The van der Waals surface area contributed by atoms with Crippen LogP contribution in [0.3, 0.4) is 0 Å². The van der Waals surface area contributed by atoms with E-state index in [9.17, 15) is 4.79 Å². The van der Waals surface area contributed by atoms with Crippen LogP contribution in [0.2, 0.25) is 0 Å². The fourth-order valence-corrected chi connectivity index (χ4v) is 2.39. The summed E-state index contributed by atoms with van der Waals surface area (Å²) < 4.78 is 15.8. The molecule has 6 heteroatoms. The Hall–Kier alpha value is -2.08. The first-order valence-electron chi connectivity index (χ1n) is 6.60. The van der Waals surface area contributed by atoms with Gasteiger partial charge in [0.25, 0.3) is 0 Å². The molecule has 0 radical (unpaired) electrons. The number of nitrogens with zero attached hydrogens (tertiary/aromatic N) is 1. The summed E-state index contributed by atoms with van der Waals surface area (Å²) in [6.07, 6.45) is 1.47. The van der Waals surface area contributed by atoms with Crippen LogP contribution < -0.4 is 10.1 Å². The van der Waals surface area contributed by atoms with Crippen molar-refractivity contribution in [3.8, 4) is 5.75 Å². The number of nitrogens with one attached hydrogen (secondary N) is 1. The molecular formula is C14H16N2O4. The molecule has 1 aromatic carbocycles. The van der Waals surface area contributed by atoms with Gasteiger partial charge in [0.1, 0.15) is 11.1 Å². The van der Waals surface area contributed by atoms with E-state index in [1.165, 1.54) is 0 Å². The minimum absolute atomic E-state index is 0.0368. The molecule has 1 aromatic heterocycles. The molecule has 2 heterocycles. The van der Waals surface area contributed by atoms with Crippen molar-refractivity contribution in [3.05, 3.63) is 18.2 Å². The fourth-order valence-electron chi connectivity index (χ4n) is 2.39. The van der Waals surface area contributed by atoms with Gasteiger partial charge < -0.3 is 19.3 Å². The molecule has 1 aliphatic heterocycles. The maximum Gasteiger partial charge on any atom is 0.228 e. The SMILES string of the molecule is COc1cccc2onc(NC(=O)C3CCOCC3)c12. The van der Waals surface area contributed by atoms with E-state index in [1.807, 2.05) is 12.1 Å². The molecule has 20 heavy (non-hydrogen) atoms. The normalized spacial score (nSPS) is 16.2. The standard InChI is InChI=1S/C14H16N2O4/c1-18-10-3-2-4-11-12(10)13(16-20-11)15-14(17)9-5-7-19-8-6-9/h2-4,9H,5-8H2,1H3,(H,15,16,17). The Bertz CT molecular complexity index is 617. The van der Waals surface area contributed by atoms with Gasteiger partial charge in [-0.25, -0.2) is 0 Å². The zero-order chi connectivity index (χ0) is 13.9. The molecule has 0 bridgehead atoms. The molecule has 0 atom stereocenters. The van der Waals surface area contributed by atoms with E-state index in [4.69, 9.17) is 14.0 Å². The molecule has 3 rings (SSSR count). The lowest BCUT2D eigenvalue weighted by atomic mass is 9.99. The number of carbonyl (C=O) groups excluding carboxylic acids is 1. The third-order valence-corrected chi connectivity index (χ3v) is 3.51. The second-order valence-corrected chi connectivity index (χ2v) is 4.74. The summed E-state index contributed by atoms with van der Waals surface area (Å²) in [6, 6.07) is 5.41. The van der Waals surface area contributed by atoms with Crippen LogP contribution in [0, 0.1) is 5.92 Å². The van der Waals surface area contributed by atoms with Crippen molar-refractivity contribution in [2.45, 2.75) is 12.8 Å². The molecule has 2 aromatic rings. The van der Waals surface area contributed by atoms with E-state index in [-0.39, 0.29) is 11.8 Å². The molecule has 0 unspecified atom stereocenters. The van der Waals surface area contributed by atoms with E-state index in [2.05, 4.69) is 10.5 Å². The molecule has 6 nitrogen and oxygen atoms in total. The molecule has 1 N–H and O–H groups in total. The summed E-state index contributed by atoms with van der Waals surface area (Å²) in [5.74, 6) is 0.958. The highest BCUT2D eigenvalue weighted by atomic mass is 16.5. The summed E-state index contributed by atoms with van der Waals surface area (Å²) in [4.78, 5) is 12.2. The monoisotopic (exact) mass is 276 g/mol. The van der Waals surface area contributed by atoms with E-state index < -0.39 is 0 Å². The predicted octanol–water partition coefficient (Wildman–Crippen LogP) is 2.20. The van der Waals surface area contributed by atoms with Crippen LogP contribution >= 0.6 is 0 Å². The molecule has 1 aliphatic rings. The minimum Gasteiger partial charge on any atom is -0.496 e. The quantitative estimate of drug-likeness (QED) is 0.930. The number of amides is 1. The average molecular weight is 276 g/mol. The number of methoxy groups -OCH3 is 1. The first-order chi connectivity index (χ1) is 9.79. The highest BCUT2D eigenvalue weighted by Crippen LogP contribution is 2.32. The van der Waals surface area contributed by atoms with Gasteiger partial charge in [-0.3, -0.25) is 4.79 Å². The van der Waals surface area contributed by atoms with Gasteiger partial charge in [0.15, 0.2) is 11.4 Å². The van der Waals surface area contributed by atoms with Crippen LogP contribution in [0.15, 0.2) is 22.7 Å². The van der Waals surface area contributed by atoms with Crippen LogP contribution in [0.5, 0.6) is 5.75 Å². The van der Waals surface area contributed by atoms with Gasteiger partial charge in [0.05, 0.1) is 7.11 Å². The second-order valence-electron chi connectivity index (χ2n) is 4.74. The lowest BCUT2D eigenvalue weighted by Gasteiger charge is -2.20. The number of aromatic nitrogens is 1. The lowest BCUT2D eigenvalue weighted by molar-refractivity contribution is -0.122. The number of carbonyl (C=O) groups is 1. The molecule has 0 spiro atoms. The highest BCUT2D eigenvalue weighted by molar-refractivity contribution is 6.02. The molecule has 0 saturated carbocycles. The zero-order valence-corrected chi connectivity index (χ0v) is 11.2. The number of hydrogen-bond donors (Lipinski definition) is 1. The van der Waals surface area contributed by atoms with Crippen LogP contribution in [0.25, 0.3) is 11.0 Å². The van der Waals surface area contributed by atoms with Gasteiger partial charge in [-0.2, -0.15) is 0 Å². The van der Waals surface area contributed by atoms with Gasteiger partial charge in [-0.05, 0) is 25.0 Å². The van der Waals surface area contributed by atoms with E-state index in [0.717, 1.165) is 12.8 Å². The summed E-state index contributed by atoms with van der Waals surface area (Å²) in [5.41, 5.74) is 0.589. The third kappa shape index (κ3) is 2.34. The minimum atomic E-state index is -0.0468. The molecule has 1 saturated heterocycles. The number of hydrogen-bond acceptors (Lipinski definition) is 5. The number of rotatable bonds is 3.